The van der Waals surface area contributed by atoms with Gasteiger partial charge in [-0.15, -0.1) is 0 Å². The average Bonchev–Trinajstić information content (AvgIpc) is 2.48. The number of nitrogens with zero attached hydrogens (tertiary/aromatic N) is 3. The second-order valence-electron chi connectivity index (χ2n) is 5.96. The Morgan fingerprint density at radius 2 is 2.09 bits per heavy atom. The number of piperidine rings is 1. The summed E-state index contributed by atoms with van der Waals surface area (Å²) in [5, 5.41) is 15.6. The van der Waals surface area contributed by atoms with Gasteiger partial charge in [0.25, 0.3) is 5.69 Å². The minimum atomic E-state index is -0.367. The zero-order chi connectivity index (χ0) is 15.7. The van der Waals surface area contributed by atoms with Gasteiger partial charge in [0, 0.05) is 28.9 Å². The monoisotopic (exact) mass is 300 g/mol. The van der Waals surface area contributed by atoms with Gasteiger partial charge in [0.05, 0.1) is 4.92 Å². The van der Waals surface area contributed by atoms with Crippen LogP contribution in [0.3, 0.4) is 0 Å². The standard InChI is InChI=1S/C16H20N4O2/c1-11-10-14(18-12-6-8-19(2)9-7-12)13-4-3-5-15(20(21)22)16(13)17-11/h3-5,10,12H,6-9H2,1-2H3,(H,17,18). The summed E-state index contributed by atoms with van der Waals surface area (Å²) >= 11 is 0. The SMILES string of the molecule is Cc1cc(NC2CCN(C)CC2)c2cccc([N+](=O)[O-])c2n1. The lowest BCUT2D eigenvalue weighted by Gasteiger charge is -2.30. The van der Waals surface area contributed by atoms with Gasteiger partial charge in [0.2, 0.25) is 0 Å². The van der Waals surface area contributed by atoms with Gasteiger partial charge in [-0.1, -0.05) is 12.1 Å². The average molecular weight is 300 g/mol. The molecule has 1 fully saturated rings. The molecule has 0 unspecified atom stereocenters. The fraction of sp³-hybridized carbons (Fsp3) is 0.438. The lowest BCUT2D eigenvalue weighted by atomic mass is 10.0. The molecule has 6 heteroatoms. The van der Waals surface area contributed by atoms with Crippen molar-refractivity contribution in [3.63, 3.8) is 0 Å². The summed E-state index contributed by atoms with van der Waals surface area (Å²) in [5.74, 6) is 0. The van der Waals surface area contributed by atoms with E-state index < -0.39 is 0 Å². The molecule has 1 aliphatic rings. The lowest BCUT2D eigenvalue weighted by molar-refractivity contribution is -0.383. The number of likely N-dealkylation sites (tertiary alicyclic amines) is 1. The first-order chi connectivity index (χ1) is 10.5. The van der Waals surface area contributed by atoms with Crippen LogP contribution in [0.15, 0.2) is 24.3 Å². The zero-order valence-electron chi connectivity index (χ0n) is 12.9. The normalized spacial score (nSPS) is 16.8. The summed E-state index contributed by atoms with van der Waals surface area (Å²) in [6, 6.07) is 7.50. The van der Waals surface area contributed by atoms with Crippen molar-refractivity contribution < 1.29 is 4.92 Å². The molecule has 2 heterocycles. The maximum Gasteiger partial charge on any atom is 0.295 e. The van der Waals surface area contributed by atoms with Crippen LogP contribution in [-0.4, -0.2) is 41.0 Å². The number of pyridine rings is 1. The number of para-hydroxylation sites is 1. The molecule has 0 spiro atoms. The van der Waals surface area contributed by atoms with Gasteiger partial charge < -0.3 is 10.2 Å². The Kier molecular flexibility index (Phi) is 3.94. The fourth-order valence-corrected chi connectivity index (χ4v) is 3.00. The van der Waals surface area contributed by atoms with Gasteiger partial charge in [-0.3, -0.25) is 10.1 Å². The molecule has 1 aromatic heterocycles. The van der Waals surface area contributed by atoms with Crippen molar-refractivity contribution >= 4 is 22.3 Å². The third kappa shape index (κ3) is 2.87. The number of benzene rings is 1. The predicted molar refractivity (Wildman–Crippen MR) is 87.3 cm³/mol. The van der Waals surface area contributed by atoms with E-state index in [9.17, 15) is 10.1 Å². The molecule has 1 saturated heterocycles. The molecule has 116 valence electrons. The van der Waals surface area contributed by atoms with Crippen molar-refractivity contribution in [1.82, 2.24) is 9.88 Å². The van der Waals surface area contributed by atoms with Gasteiger partial charge in [0.1, 0.15) is 0 Å². The number of hydrogen-bond donors (Lipinski definition) is 1. The first kappa shape index (κ1) is 14.7. The van der Waals surface area contributed by atoms with E-state index in [2.05, 4.69) is 22.2 Å². The first-order valence-corrected chi connectivity index (χ1v) is 7.54. The van der Waals surface area contributed by atoms with Crippen molar-refractivity contribution in [2.24, 2.45) is 0 Å². The Hall–Kier alpha value is -2.21. The predicted octanol–water partition coefficient (Wildman–Crippen LogP) is 2.96. The highest BCUT2D eigenvalue weighted by Gasteiger charge is 2.19. The lowest BCUT2D eigenvalue weighted by Crippen LogP contribution is -2.36. The van der Waals surface area contributed by atoms with Crippen LogP contribution in [0, 0.1) is 17.0 Å². The second kappa shape index (κ2) is 5.88. The summed E-state index contributed by atoms with van der Waals surface area (Å²) in [5.41, 5.74) is 2.26. The number of aromatic nitrogens is 1. The molecule has 0 radical (unpaired) electrons. The minimum absolute atomic E-state index is 0.0626. The van der Waals surface area contributed by atoms with Crippen LogP contribution < -0.4 is 5.32 Å². The van der Waals surface area contributed by atoms with Gasteiger partial charge in [-0.2, -0.15) is 0 Å². The van der Waals surface area contributed by atoms with Gasteiger partial charge >= 0.3 is 0 Å². The quantitative estimate of drug-likeness (QED) is 0.697. The minimum Gasteiger partial charge on any atom is -0.382 e. The van der Waals surface area contributed by atoms with Crippen molar-refractivity contribution in [3.8, 4) is 0 Å². The summed E-state index contributed by atoms with van der Waals surface area (Å²) in [6.07, 6.45) is 2.16. The molecule has 2 aromatic rings. The largest absolute Gasteiger partial charge is 0.382 e. The molecule has 1 N–H and O–H groups in total. The smallest absolute Gasteiger partial charge is 0.295 e. The number of anilines is 1. The third-order valence-corrected chi connectivity index (χ3v) is 4.22. The second-order valence-corrected chi connectivity index (χ2v) is 5.96. The number of nitro groups is 1. The number of aryl methyl sites for hydroxylation is 1. The van der Waals surface area contributed by atoms with Gasteiger partial charge in [0.15, 0.2) is 5.52 Å². The van der Waals surface area contributed by atoms with E-state index in [4.69, 9.17) is 0 Å². The topological polar surface area (TPSA) is 71.3 Å². The zero-order valence-corrected chi connectivity index (χ0v) is 12.9. The van der Waals surface area contributed by atoms with E-state index in [1.54, 1.807) is 6.07 Å². The Bertz CT molecular complexity index is 709. The van der Waals surface area contributed by atoms with Crippen LogP contribution in [0.5, 0.6) is 0 Å². The molecule has 0 amide bonds. The van der Waals surface area contributed by atoms with Crippen LogP contribution in [0.2, 0.25) is 0 Å². The summed E-state index contributed by atoms with van der Waals surface area (Å²) in [6.45, 7) is 4.01. The number of nitro benzene ring substituents is 1. The molecule has 6 nitrogen and oxygen atoms in total. The molecule has 0 aliphatic carbocycles. The molecule has 0 bridgehead atoms. The van der Waals surface area contributed by atoms with Crippen molar-refractivity contribution in [3.05, 3.63) is 40.1 Å². The molecular weight excluding hydrogens is 280 g/mol. The van der Waals surface area contributed by atoms with Gasteiger partial charge in [-0.05, 0) is 46.0 Å². The van der Waals surface area contributed by atoms with E-state index >= 15 is 0 Å². The van der Waals surface area contributed by atoms with E-state index in [0.717, 1.165) is 42.7 Å². The fourth-order valence-electron chi connectivity index (χ4n) is 3.00. The van der Waals surface area contributed by atoms with E-state index in [1.807, 2.05) is 19.1 Å². The third-order valence-electron chi connectivity index (χ3n) is 4.22. The van der Waals surface area contributed by atoms with Crippen LogP contribution in [-0.2, 0) is 0 Å². The molecule has 0 atom stereocenters. The maximum absolute atomic E-state index is 11.2. The van der Waals surface area contributed by atoms with Crippen LogP contribution in [0.4, 0.5) is 11.4 Å². The van der Waals surface area contributed by atoms with Crippen molar-refractivity contribution in [1.29, 1.82) is 0 Å². The van der Waals surface area contributed by atoms with Gasteiger partial charge in [-0.25, -0.2) is 4.98 Å². The number of fused-ring (bicyclic) bond motifs is 1. The van der Waals surface area contributed by atoms with E-state index in [0.29, 0.717) is 11.6 Å². The number of hydrogen-bond acceptors (Lipinski definition) is 5. The highest BCUT2D eigenvalue weighted by atomic mass is 16.6. The summed E-state index contributed by atoms with van der Waals surface area (Å²) in [7, 11) is 2.13. The van der Waals surface area contributed by atoms with Crippen LogP contribution >= 0.6 is 0 Å². The van der Waals surface area contributed by atoms with Crippen molar-refractivity contribution in [2.75, 3.05) is 25.5 Å². The summed E-state index contributed by atoms with van der Waals surface area (Å²) < 4.78 is 0. The van der Waals surface area contributed by atoms with Crippen LogP contribution in [0.1, 0.15) is 18.5 Å². The number of rotatable bonds is 3. The van der Waals surface area contributed by atoms with Crippen molar-refractivity contribution in [2.45, 2.75) is 25.8 Å². The Morgan fingerprint density at radius 1 is 1.36 bits per heavy atom. The molecule has 0 saturated carbocycles. The van der Waals surface area contributed by atoms with E-state index in [1.165, 1.54) is 6.07 Å². The Labute approximate surface area is 129 Å². The molecular formula is C16H20N4O2. The highest BCUT2D eigenvalue weighted by molar-refractivity contribution is 5.96. The molecule has 22 heavy (non-hydrogen) atoms. The first-order valence-electron chi connectivity index (χ1n) is 7.54. The maximum atomic E-state index is 11.2. The Morgan fingerprint density at radius 3 is 2.77 bits per heavy atom. The Balaban J connectivity index is 1.99. The molecule has 1 aromatic carbocycles. The molecule has 1 aliphatic heterocycles. The summed E-state index contributed by atoms with van der Waals surface area (Å²) in [4.78, 5) is 17.5. The molecule has 3 rings (SSSR count). The van der Waals surface area contributed by atoms with E-state index in [-0.39, 0.29) is 10.6 Å². The van der Waals surface area contributed by atoms with Crippen LogP contribution in [0.25, 0.3) is 10.9 Å². The number of non-ortho nitro benzene ring substituents is 1. The number of nitrogens with one attached hydrogen (secondary N) is 1. The highest BCUT2D eigenvalue weighted by Crippen LogP contribution is 2.31.